The number of benzene rings is 2. The third kappa shape index (κ3) is 11.6. The number of carbonyl (C=O) groups is 1. The number of hydrogen-bond acceptors (Lipinski definition) is 4. The van der Waals surface area contributed by atoms with Gasteiger partial charge in [-0.3, -0.25) is 0 Å². The maximum Gasteiger partial charge on any atom is 0.348 e. The first kappa shape index (κ1) is 33.4. The molecule has 2 atom stereocenters. The molecule has 0 fully saturated rings. The number of rotatable bonds is 19. The van der Waals surface area contributed by atoms with Crippen molar-refractivity contribution >= 4 is 5.97 Å². The van der Waals surface area contributed by atoms with E-state index in [-0.39, 0.29) is 6.42 Å². The van der Waals surface area contributed by atoms with Crippen LogP contribution in [-0.4, -0.2) is 27.8 Å². The van der Waals surface area contributed by atoms with Gasteiger partial charge in [-0.1, -0.05) is 108 Å². The van der Waals surface area contributed by atoms with Crippen molar-refractivity contribution in [1.29, 1.82) is 0 Å². The molecule has 0 aliphatic rings. The third-order valence-corrected chi connectivity index (χ3v) is 7.77. The fraction of sp³-hybridized carbons (Fsp3) is 0.528. The molecule has 0 unspecified atom stereocenters. The Balaban J connectivity index is 1.40. The molecule has 0 amide bonds. The summed E-state index contributed by atoms with van der Waals surface area (Å²) in [6, 6.07) is 14.8. The minimum atomic E-state index is -2.01. The van der Waals surface area contributed by atoms with Crippen LogP contribution in [0.1, 0.15) is 110 Å². The molecule has 0 spiro atoms. The van der Waals surface area contributed by atoms with Crippen LogP contribution in [0.2, 0.25) is 0 Å². The predicted molar refractivity (Wildman–Crippen MR) is 168 cm³/mol. The Hall–Kier alpha value is -3.15. The largest absolute Gasteiger partial charge is 0.424 e. The number of carbonyl (C=O) groups excluding carboxylic acids is 1. The lowest BCUT2D eigenvalue weighted by Crippen LogP contribution is -2.34. The van der Waals surface area contributed by atoms with Crippen LogP contribution >= 0.6 is 0 Å². The van der Waals surface area contributed by atoms with Gasteiger partial charge in [-0.05, 0) is 62.8 Å². The van der Waals surface area contributed by atoms with Gasteiger partial charge in [0.05, 0.1) is 6.17 Å². The van der Waals surface area contributed by atoms with Gasteiger partial charge in [-0.2, -0.15) is 0 Å². The van der Waals surface area contributed by atoms with E-state index >= 15 is 4.39 Å². The summed E-state index contributed by atoms with van der Waals surface area (Å²) in [5.41, 5.74) is 1.65. The maximum absolute atomic E-state index is 15.1. The van der Waals surface area contributed by atoms with E-state index in [1.165, 1.54) is 58.3 Å². The van der Waals surface area contributed by atoms with Crippen molar-refractivity contribution in [1.82, 2.24) is 9.97 Å². The molecule has 42 heavy (non-hydrogen) atoms. The first-order valence-corrected chi connectivity index (χ1v) is 15.9. The lowest BCUT2D eigenvalue weighted by molar-refractivity contribution is -0.147. The molecule has 0 bridgehead atoms. The zero-order valence-electron chi connectivity index (χ0n) is 25.7. The van der Waals surface area contributed by atoms with Crippen LogP contribution < -0.4 is 4.74 Å². The second-order valence-corrected chi connectivity index (χ2v) is 11.7. The molecule has 3 rings (SSSR count). The molecule has 3 aromatic rings. The summed E-state index contributed by atoms with van der Waals surface area (Å²) >= 11 is 0. The number of halogens is 2. The fourth-order valence-electron chi connectivity index (χ4n) is 4.96. The molecule has 0 radical (unpaired) electrons. The monoisotopic (exact) mass is 578 g/mol. The number of aryl methyl sites for hydroxylation is 1. The van der Waals surface area contributed by atoms with Crippen molar-refractivity contribution in [2.75, 3.05) is 0 Å². The molecule has 0 aliphatic carbocycles. The molecule has 0 saturated heterocycles. The van der Waals surface area contributed by atoms with Crippen molar-refractivity contribution in [3.05, 3.63) is 66.5 Å². The molecule has 6 heteroatoms. The van der Waals surface area contributed by atoms with Crippen molar-refractivity contribution in [3.8, 4) is 28.3 Å². The van der Waals surface area contributed by atoms with Crippen LogP contribution in [0.3, 0.4) is 0 Å². The highest BCUT2D eigenvalue weighted by molar-refractivity contribution is 5.81. The summed E-state index contributed by atoms with van der Waals surface area (Å²) in [7, 11) is 0. The Labute approximate surface area is 251 Å². The zero-order valence-corrected chi connectivity index (χ0v) is 25.7. The smallest absolute Gasteiger partial charge is 0.348 e. The molecule has 1 aromatic heterocycles. The third-order valence-electron chi connectivity index (χ3n) is 7.77. The Kier molecular flexibility index (Phi) is 14.1. The van der Waals surface area contributed by atoms with Crippen molar-refractivity contribution in [2.24, 2.45) is 0 Å². The summed E-state index contributed by atoms with van der Waals surface area (Å²) in [6.45, 7) is 5.13. The molecule has 0 aliphatic heterocycles. The standard InChI is InChI=1S/C36H48F2N2O2/c1-4-5-6-7-8-9-10-11-12-13-14-25-36(3,38)35(41)42-33-23-21-30(22-24-33)32-26-39-34(40-27-32)31-19-17-29(18-20-31)16-15-28(2)37/h17-24,26-28H,4-16,25H2,1-3H3/t28-,36-/m0/s1. The number of esters is 1. The molecule has 0 saturated carbocycles. The highest BCUT2D eigenvalue weighted by Crippen LogP contribution is 2.27. The van der Waals surface area contributed by atoms with Crippen LogP contribution in [0.4, 0.5) is 8.78 Å². The van der Waals surface area contributed by atoms with Gasteiger partial charge in [0.2, 0.25) is 5.67 Å². The first-order valence-electron chi connectivity index (χ1n) is 15.9. The van der Waals surface area contributed by atoms with Crippen LogP contribution in [0.15, 0.2) is 60.9 Å². The van der Waals surface area contributed by atoms with Crippen LogP contribution in [0.5, 0.6) is 5.75 Å². The van der Waals surface area contributed by atoms with E-state index in [1.807, 2.05) is 24.3 Å². The minimum Gasteiger partial charge on any atom is -0.424 e. The Morgan fingerprint density at radius 1 is 0.786 bits per heavy atom. The molecule has 4 nitrogen and oxygen atoms in total. The lowest BCUT2D eigenvalue weighted by atomic mass is 9.99. The summed E-state index contributed by atoms with van der Waals surface area (Å²) in [4.78, 5) is 21.5. The number of nitrogens with zero attached hydrogens (tertiary/aromatic N) is 2. The van der Waals surface area contributed by atoms with Crippen molar-refractivity contribution in [3.63, 3.8) is 0 Å². The number of alkyl halides is 2. The molecule has 0 N–H and O–H groups in total. The molecular formula is C36H48F2N2O2. The fourth-order valence-corrected chi connectivity index (χ4v) is 4.96. The second-order valence-electron chi connectivity index (χ2n) is 11.7. The molecule has 228 valence electrons. The molecule has 1 heterocycles. The van der Waals surface area contributed by atoms with Crippen molar-refractivity contribution in [2.45, 2.75) is 123 Å². The minimum absolute atomic E-state index is 0.171. The number of aromatic nitrogens is 2. The predicted octanol–water partition coefficient (Wildman–Crippen LogP) is 10.4. The van der Waals surface area contributed by atoms with E-state index in [0.717, 1.165) is 35.1 Å². The average molecular weight is 579 g/mol. The van der Waals surface area contributed by atoms with E-state index in [2.05, 4.69) is 16.9 Å². The van der Waals surface area contributed by atoms with E-state index in [9.17, 15) is 9.18 Å². The summed E-state index contributed by atoms with van der Waals surface area (Å²) in [5, 5.41) is 0. The van der Waals surface area contributed by atoms with Gasteiger partial charge in [0.1, 0.15) is 5.75 Å². The van der Waals surface area contributed by atoms with Crippen LogP contribution in [0.25, 0.3) is 22.5 Å². The van der Waals surface area contributed by atoms with Crippen molar-refractivity contribution < 1.29 is 18.3 Å². The maximum atomic E-state index is 15.1. The average Bonchev–Trinajstić information content (AvgIpc) is 2.99. The van der Waals surface area contributed by atoms with E-state index in [4.69, 9.17) is 4.74 Å². The Morgan fingerprint density at radius 3 is 1.86 bits per heavy atom. The summed E-state index contributed by atoms with van der Waals surface area (Å²) in [6.07, 6.45) is 17.1. The Morgan fingerprint density at radius 2 is 1.31 bits per heavy atom. The van der Waals surface area contributed by atoms with Gasteiger partial charge in [-0.25, -0.2) is 23.5 Å². The summed E-state index contributed by atoms with van der Waals surface area (Å²) < 4.78 is 33.5. The zero-order chi connectivity index (χ0) is 30.2. The number of unbranched alkanes of at least 4 members (excludes halogenated alkanes) is 10. The van der Waals surface area contributed by atoms with Gasteiger partial charge >= 0.3 is 5.97 Å². The first-order chi connectivity index (χ1) is 20.3. The van der Waals surface area contributed by atoms with Gasteiger partial charge in [0.25, 0.3) is 0 Å². The van der Waals surface area contributed by atoms with Gasteiger partial charge in [-0.15, -0.1) is 0 Å². The van der Waals surface area contributed by atoms with E-state index in [0.29, 0.717) is 30.8 Å². The second kappa shape index (κ2) is 17.7. The topological polar surface area (TPSA) is 52.1 Å². The highest BCUT2D eigenvalue weighted by atomic mass is 19.1. The number of hydrogen-bond donors (Lipinski definition) is 0. The van der Waals surface area contributed by atoms with E-state index < -0.39 is 17.8 Å². The lowest BCUT2D eigenvalue weighted by Gasteiger charge is -2.18. The van der Waals surface area contributed by atoms with Gasteiger partial charge in [0, 0.05) is 23.5 Å². The Bertz CT molecular complexity index is 1180. The van der Waals surface area contributed by atoms with Gasteiger partial charge in [0.15, 0.2) is 5.82 Å². The van der Waals surface area contributed by atoms with Crippen LogP contribution in [0, 0.1) is 0 Å². The van der Waals surface area contributed by atoms with Crippen LogP contribution in [-0.2, 0) is 11.2 Å². The molecule has 2 aromatic carbocycles. The number of ether oxygens (including phenoxy) is 1. The summed E-state index contributed by atoms with van der Waals surface area (Å²) in [5.74, 6) is 0.0707. The SMILES string of the molecule is CCCCCCCCCCCCC[C@](C)(F)C(=O)Oc1ccc(-c2cnc(-c3ccc(CC[C@H](C)F)cc3)nc2)cc1. The quantitative estimate of drug-likeness (QED) is 0.0806. The highest BCUT2D eigenvalue weighted by Gasteiger charge is 2.34. The van der Waals surface area contributed by atoms with E-state index in [1.54, 1.807) is 43.6 Å². The molecular weight excluding hydrogens is 530 g/mol. The normalized spacial score (nSPS) is 13.5. The van der Waals surface area contributed by atoms with Gasteiger partial charge < -0.3 is 4.74 Å².